The van der Waals surface area contributed by atoms with Crippen molar-refractivity contribution < 1.29 is 22.2 Å². The summed E-state index contributed by atoms with van der Waals surface area (Å²) in [7, 11) is -4.03. The highest BCUT2D eigenvalue weighted by atomic mass is 32.2. The van der Waals surface area contributed by atoms with E-state index in [4.69, 9.17) is 4.18 Å². The largest absolute Gasteiger partial charge is 0.297 e. The lowest BCUT2D eigenvalue weighted by atomic mass is 9.83. The number of imide groups is 1. The minimum Gasteiger partial charge on any atom is -0.296 e. The number of benzene rings is 1. The fraction of sp³-hybridized carbons (Fsp3) is 0.375. The second-order valence-electron chi connectivity index (χ2n) is 6.39. The number of carbonyl (C=O) groups excluding carboxylic acids is 2. The number of hydrogen-bond acceptors (Lipinski definition) is 5. The maximum absolute atomic E-state index is 12.6. The van der Waals surface area contributed by atoms with Crippen molar-refractivity contribution in [2.24, 2.45) is 17.8 Å². The number of nitrogens with one attached hydrogen (secondary N) is 1. The van der Waals surface area contributed by atoms with E-state index in [2.05, 4.69) is 5.32 Å². The van der Waals surface area contributed by atoms with E-state index in [1.54, 1.807) is 24.3 Å². The Hall–Kier alpha value is -1.99. The fourth-order valence-electron chi connectivity index (χ4n) is 3.90. The van der Waals surface area contributed by atoms with Crippen LogP contribution in [0.5, 0.6) is 0 Å². The maximum Gasteiger partial charge on any atom is 0.297 e. The van der Waals surface area contributed by atoms with Crippen LogP contribution in [-0.4, -0.2) is 25.8 Å². The Labute approximate surface area is 133 Å². The van der Waals surface area contributed by atoms with Crippen LogP contribution in [0.1, 0.15) is 12.0 Å². The molecule has 1 aromatic rings. The quantitative estimate of drug-likeness (QED) is 0.505. The number of amides is 2. The fourth-order valence-corrected chi connectivity index (χ4v) is 5.11. The third kappa shape index (κ3) is 2.00. The van der Waals surface area contributed by atoms with Gasteiger partial charge in [-0.2, -0.15) is 8.42 Å². The zero-order valence-electron chi connectivity index (χ0n) is 12.4. The molecule has 3 aliphatic rings. The monoisotopic (exact) mass is 333 g/mol. The van der Waals surface area contributed by atoms with E-state index in [-0.39, 0.29) is 16.7 Å². The molecule has 1 aromatic carbocycles. The highest BCUT2D eigenvalue weighted by molar-refractivity contribution is 7.86. The van der Waals surface area contributed by atoms with Crippen molar-refractivity contribution in [3.05, 3.63) is 42.0 Å². The Bertz CT molecular complexity index is 842. The van der Waals surface area contributed by atoms with E-state index >= 15 is 0 Å². The third-order valence-corrected chi connectivity index (χ3v) is 6.31. The van der Waals surface area contributed by atoms with Gasteiger partial charge in [-0.05, 0) is 31.4 Å². The Morgan fingerprint density at radius 3 is 2.57 bits per heavy atom. The molecule has 4 rings (SSSR count). The Balaban J connectivity index is 1.71. The lowest BCUT2D eigenvalue weighted by Crippen LogP contribution is -2.42. The highest BCUT2D eigenvalue weighted by Crippen LogP contribution is 2.55. The number of hydrogen-bond donors (Lipinski definition) is 1. The van der Waals surface area contributed by atoms with Crippen LogP contribution in [0.25, 0.3) is 0 Å². The summed E-state index contributed by atoms with van der Waals surface area (Å²) >= 11 is 0. The molecule has 7 heteroatoms. The van der Waals surface area contributed by atoms with Crippen LogP contribution < -0.4 is 5.32 Å². The minimum atomic E-state index is -4.03. The van der Waals surface area contributed by atoms with Gasteiger partial charge in [0.25, 0.3) is 10.1 Å². The van der Waals surface area contributed by atoms with Gasteiger partial charge in [-0.3, -0.25) is 19.1 Å². The van der Waals surface area contributed by atoms with Crippen molar-refractivity contribution in [2.45, 2.75) is 23.8 Å². The van der Waals surface area contributed by atoms with Crippen LogP contribution in [0.2, 0.25) is 0 Å². The van der Waals surface area contributed by atoms with E-state index in [0.717, 1.165) is 5.56 Å². The molecule has 4 unspecified atom stereocenters. The number of carbonyl (C=O) groups is 2. The molecule has 0 aromatic heterocycles. The van der Waals surface area contributed by atoms with Crippen molar-refractivity contribution >= 4 is 21.9 Å². The first-order valence-corrected chi connectivity index (χ1v) is 8.80. The second kappa shape index (κ2) is 4.52. The van der Waals surface area contributed by atoms with Gasteiger partial charge in [0.05, 0.1) is 16.7 Å². The van der Waals surface area contributed by atoms with Gasteiger partial charge >= 0.3 is 0 Å². The van der Waals surface area contributed by atoms with Crippen molar-refractivity contribution in [3.63, 3.8) is 0 Å². The van der Waals surface area contributed by atoms with Crippen molar-refractivity contribution in [3.8, 4) is 0 Å². The Morgan fingerprint density at radius 2 is 1.87 bits per heavy atom. The molecular formula is C16H15NO5S. The van der Waals surface area contributed by atoms with Gasteiger partial charge < -0.3 is 0 Å². The van der Waals surface area contributed by atoms with Gasteiger partial charge in [0.1, 0.15) is 5.60 Å². The van der Waals surface area contributed by atoms with Crippen LogP contribution in [0, 0.1) is 24.7 Å². The Morgan fingerprint density at radius 1 is 1.17 bits per heavy atom. The van der Waals surface area contributed by atoms with Gasteiger partial charge in [-0.15, -0.1) is 0 Å². The summed E-state index contributed by atoms with van der Waals surface area (Å²) in [5.41, 5.74) is -0.320. The molecule has 120 valence electrons. The minimum absolute atomic E-state index is 0.0440. The number of aryl methyl sites for hydroxylation is 1. The molecule has 4 atom stereocenters. The molecule has 1 saturated carbocycles. The van der Waals surface area contributed by atoms with Crippen molar-refractivity contribution in [2.75, 3.05) is 0 Å². The summed E-state index contributed by atoms with van der Waals surface area (Å²) < 4.78 is 30.7. The van der Waals surface area contributed by atoms with Crippen LogP contribution in [0.4, 0.5) is 0 Å². The third-order valence-electron chi connectivity index (χ3n) is 4.93. The van der Waals surface area contributed by atoms with Gasteiger partial charge in [-0.1, -0.05) is 29.8 Å². The predicted molar refractivity (Wildman–Crippen MR) is 79.6 cm³/mol. The molecule has 0 spiro atoms. The molecule has 1 aliphatic heterocycles. The molecule has 0 radical (unpaired) electrons. The number of fused-ring (bicyclic) bond motifs is 5. The van der Waals surface area contributed by atoms with Crippen molar-refractivity contribution in [1.29, 1.82) is 0 Å². The van der Waals surface area contributed by atoms with E-state index < -0.39 is 33.5 Å². The van der Waals surface area contributed by atoms with Crippen LogP contribution in [0.15, 0.2) is 41.3 Å². The molecule has 23 heavy (non-hydrogen) atoms. The first kappa shape index (κ1) is 14.6. The average molecular weight is 333 g/mol. The summed E-state index contributed by atoms with van der Waals surface area (Å²) in [6, 6.07) is 6.32. The highest BCUT2D eigenvalue weighted by Gasteiger charge is 2.66. The summed E-state index contributed by atoms with van der Waals surface area (Å²) in [4.78, 5) is 24.0. The van der Waals surface area contributed by atoms with Crippen LogP contribution in [-0.2, 0) is 23.9 Å². The van der Waals surface area contributed by atoms with Crippen LogP contribution in [0.3, 0.4) is 0 Å². The summed E-state index contributed by atoms with van der Waals surface area (Å²) in [5.74, 6) is -2.25. The molecule has 2 bridgehead atoms. The normalized spacial score (nSPS) is 34.7. The molecule has 2 amide bonds. The van der Waals surface area contributed by atoms with E-state index in [1.807, 2.05) is 6.92 Å². The lowest BCUT2D eigenvalue weighted by Gasteiger charge is -2.29. The van der Waals surface area contributed by atoms with E-state index in [1.165, 1.54) is 12.1 Å². The molecular weight excluding hydrogens is 318 g/mol. The maximum atomic E-state index is 12.6. The second-order valence-corrected chi connectivity index (χ2v) is 7.94. The molecule has 1 heterocycles. The summed E-state index contributed by atoms with van der Waals surface area (Å²) in [6.07, 6.45) is 3.75. The SMILES string of the molecule is Cc1ccc(S(=O)(=O)OC23C=CC(C2)C2C(=O)NC(=O)C23)cc1. The van der Waals surface area contributed by atoms with Crippen molar-refractivity contribution in [1.82, 2.24) is 5.32 Å². The Kier molecular flexibility index (Phi) is 2.87. The number of allylic oxidation sites excluding steroid dienone is 1. The van der Waals surface area contributed by atoms with Gasteiger partial charge in [0.2, 0.25) is 11.8 Å². The molecule has 6 nitrogen and oxygen atoms in total. The molecule has 2 aliphatic carbocycles. The van der Waals surface area contributed by atoms with Gasteiger partial charge in [0.15, 0.2) is 0 Å². The predicted octanol–water partition coefficient (Wildman–Crippen LogP) is 0.918. The van der Waals surface area contributed by atoms with E-state index in [9.17, 15) is 18.0 Å². The standard InChI is InChI=1S/C16H15NO5S/c1-9-2-4-11(5-3-9)23(20,21)22-16-7-6-10(8-16)12-13(16)15(19)17-14(12)18/h2-7,10,12-13H,8H2,1H3,(H,17,18,19). The molecule has 1 N–H and O–H groups in total. The zero-order valence-corrected chi connectivity index (χ0v) is 13.2. The summed E-state index contributed by atoms with van der Waals surface area (Å²) in [6.45, 7) is 1.86. The summed E-state index contributed by atoms with van der Waals surface area (Å²) in [5, 5.41) is 2.28. The molecule has 1 saturated heterocycles. The topological polar surface area (TPSA) is 89.5 Å². The number of rotatable bonds is 3. The first-order valence-electron chi connectivity index (χ1n) is 7.39. The van der Waals surface area contributed by atoms with Crippen LogP contribution >= 0.6 is 0 Å². The van der Waals surface area contributed by atoms with Gasteiger partial charge in [0, 0.05) is 0 Å². The van der Waals surface area contributed by atoms with E-state index in [0.29, 0.717) is 6.42 Å². The first-order chi connectivity index (χ1) is 10.8. The van der Waals surface area contributed by atoms with Gasteiger partial charge in [-0.25, -0.2) is 0 Å². The molecule has 2 fully saturated rings. The average Bonchev–Trinajstić information content (AvgIpc) is 3.10. The zero-order chi connectivity index (χ0) is 16.4. The lowest BCUT2D eigenvalue weighted by molar-refractivity contribution is -0.128. The smallest absolute Gasteiger partial charge is 0.296 e.